The summed E-state index contributed by atoms with van der Waals surface area (Å²) in [7, 11) is 0. The van der Waals surface area contributed by atoms with Crippen LogP contribution in [0.5, 0.6) is 0 Å². The summed E-state index contributed by atoms with van der Waals surface area (Å²) in [5.74, 6) is 1.89. The second-order valence-electron chi connectivity index (χ2n) is 14.4. The highest BCUT2D eigenvalue weighted by atomic mass is 16.3. The van der Waals surface area contributed by atoms with E-state index in [0.717, 1.165) is 66.1 Å². The monoisotopic (exact) mass is 714 g/mol. The van der Waals surface area contributed by atoms with Crippen molar-refractivity contribution >= 4 is 76.1 Å². The third-order valence-electron chi connectivity index (χ3n) is 11.2. The summed E-state index contributed by atoms with van der Waals surface area (Å²) in [6.07, 6.45) is 0. The van der Waals surface area contributed by atoms with E-state index in [1.807, 2.05) is 66.7 Å². The number of nitrogens with zero attached hydrogens (tertiary/aromatic N) is 4. The maximum absolute atomic E-state index is 6.76. The van der Waals surface area contributed by atoms with Gasteiger partial charge in [0, 0.05) is 49.3 Å². The lowest BCUT2D eigenvalue weighted by Crippen LogP contribution is -2.01. The Morgan fingerprint density at radius 1 is 0.357 bits per heavy atom. The largest absolute Gasteiger partial charge is 0.455 e. The van der Waals surface area contributed by atoms with Crippen molar-refractivity contribution in [1.29, 1.82) is 0 Å². The molecule has 0 aliphatic carbocycles. The van der Waals surface area contributed by atoms with Crippen molar-refractivity contribution in [3.63, 3.8) is 0 Å². The number of benzene rings is 9. The number of furan rings is 1. The fourth-order valence-electron chi connectivity index (χ4n) is 8.68. The molecule has 0 aliphatic rings. The molecule has 0 unspecified atom stereocenters. The van der Waals surface area contributed by atoms with Crippen molar-refractivity contribution in [3.05, 3.63) is 182 Å². The van der Waals surface area contributed by atoms with E-state index in [1.54, 1.807) is 0 Å². The van der Waals surface area contributed by atoms with Crippen LogP contribution >= 0.6 is 0 Å². The Labute approximate surface area is 320 Å². The zero-order valence-electron chi connectivity index (χ0n) is 30.0. The second-order valence-corrected chi connectivity index (χ2v) is 14.4. The predicted octanol–water partition coefficient (Wildman–Crippen LogP) is 13.3. The highest BCUT2D eigenvalue weighted by Crippen LogP contribution is 2.45. The number of fused-ring (bicyclic) bond motifs is 13. The first-order valence-electron chi connectivity index (χ1n) is 18.9. The topological polar surface area (TPSA) is 56.7 Å². The van der Waals surface area contributed by atoms with Gasteiger partial charge >= 0.3 is 0 Å². The molecule has 0 saturated carbocycles. The normalized spacial score (nSPS) is 11.9. The third-order valence-corrected chi connectivity index (χ3v) is 11.2. The molecule has 0 atom stereocenters. The van der Waals surface area contributed by atoms with Crippen molar-refractivity contribution in [2.75, 3.05) is 0 Å². The maximum Gasteiger partial charge on any atom is 0.164 e. The van der Waals surface area contributed by atoms with Gasteiger partial charge in [-0.3, -0.25) is 0 Å². The highest BCUT2D eigenvalue weighted by molar-refractivity contribution is 6.34. The zero-order chi connectivity index (χ0) is 36.7. The first kappa shape index (κ1) is 30.8. The number of hydrogen-bond donors (Lipinski definition) is 0. The molecule has 0 amide bonds. The third kappa shape index (κ3) is 4.58. The average Bonchev–Trinajstić information content (AvgIpc) is 3.83. The van der Waals surface area contributed by atoms with Gasteiger partial charge in [-0.25, -0.2) is 15.0 Å². The van der Waals surface area contributed by atoms with Crippen molar-refractivity contribution in [2.24, 2.45) is 0 Å². The van der Waals surface area contributed by atoms with Gasteiger partial charge in [0.05, 0.1) is 11.0 Å². The van der Waals surface area contributed by atoms with Crippen molar-refractivity contribution in [2.45, 2.75) is 0 Å². The molecule has 3 heterocycles. The van der Waals surface area contributed by atoms with E-state index in [1.165, 1.54) is 32.3 Å². The predicted molar refractivity (Wildman–Crippen MR) is 230 cm³/mol. The van der Waals surface area contributed by atoms with Crippen molar-refractivity contribution in [3.8, 4) is 39.9 Å². The molecule has 0 radical (unpaired) electrons. The van der Waals surface area contributed by atoms with E-state index in [-0.39, 0.29) is 0 Å². The molecule has 0 spiro atoms. The molecule has 12 rings (SSSR count). The van der Waals surface area contributed by atoms with Gasteiger partial charge in [0.1, 0.15) is 11.2 Å². The molecule has 0 aliphatic heterocycles. The minimum atomic E-state index is 0.617. The van der Waals surface area contributed by atoms with Crippen LogP contribution in [-0.2, 0) is 0 Å². The van der Waals surface area contributed by atoms with Crippen molar-refractivity contribution in [1.82, 2.24) is 19.5 Å². The average molecular weight is 715 g/mol. The fraction of sp³-hybridized carbons (Fsp3) is 0. The van der Waals surface area contributed by atoms with E-state index in [2.05, 4.69) is 120 Å². The van der Waals surface area contributed by atoms with E-state index in [4.69, 9.17) is 19.4 Å². The molecule has 3 aromatic heterocycles. The minimum absolute atomic E-state index is 0.617. The van der Waals surface area contributed by atoms with E-state index >= 15 is 0 Å². The quantitative estimate of drug-likeness (QED) is 0.170. The van der Waals surface area contributed by atoms with Crippen LogP contribution < -0.4 is 0 Å². The number of rotatable bonds is 4. The number of aromatic nitrogens is 4. The summed E-state index contributed by atoms with van der Waals surface area (Å²) in [6, 6.07) is 63.8. The molecular formula is C51H30N4O. The van der Waals surface area contributed by atoms with Crippen molar-refractivity contribution < 1.29 is 4.42 Å². The van der Waals surface area contributed by atoms with Crippen LogP contribution in [0.15, 0.2) is 186 Å². The smallest absolute Gasteiger partial charge is 0.164 e. The second kappa shape index (κ2) is 11.9. The molecule has 0 fully saturated rings. The molecule has 5 heteroatoms. The highest BCUT2D eigenvalue weighted by Gasteiger charge is 2.22. The van der Waals surface area contributed by atoms with Gasteiger partial charge in [0.2, 0.25) is 0 Å². The summed E-state index contributed by atoms with van der Waals surface area (Å²) >= 11 is 0. The van der Waals surface area contributed by atoms with Gasteiger partial charge in [-0.15, -0.1) is 0 Å². The zero-order valence-corrected chi connectivity index (χ0v) is 30.0. The SMILES string of the molecule is c1ccc(-c2nc(-c3ccccc3)nc(-c3cccc(-n4c5ccc6c7ccccc7ccc6c5c5c6c(ccc7c8ccccc8oc76)ccc54)c3)n2)cc1. The van der Waals surface area contributed by atoms with Gasteiger partial charge < -0.3 is 8.98 Å². The summed E-state index contributed by atoms with van der Waals surface area (Å²) in [4.78, 5) is 15.1. The lowest BCUT2D eigenvalue weighted by molar-refractivity contribution is 0.673. The molecule has 12 aromatic rings. The Balaban J connectivity index is 1.17. The van der Waals surface area contributed by atoms with E-state index in [0.29, 0.717) is 17.5 Å². The number of para-hydroxylation sites is 1. The summed E-state index contributed by atoms with van der Waals surface area (Å²) in [6.45, 7) is 0. The fourth-order valence-corrected chi connectivity index (χ4v) is 8.68. The minimum Gasteiger partial charge on any atom is -0.455 e. The first-order chi connectivity index (χ1) is 27.8. The Morgan fingerprint density at radius 2 is 0.929 bits per heavy atom. The van der Waals surface area contributed by atoms with Crippen LogP contribution in [0.4, 0.5) is 0 Å². The molecule has 5 nitrogen and oxygen atoms in total. The Kier molecular flexibility index (Phi) is 6.56. The Morgan fingerprint density at radius 3 is 1.71 bits per heavy atom. The van der Waals surface area contributed by atoms with Gasteiger partial charge in [-0.05, 0) is 63.3 Å². The van der Waals surface area contributed by atoms with Crippen LogP contribution in [0, 0.1) is 0 Å². The molecular weight excluding hydrogens is 685 g/mol. The van der Waals surface area contributed by atoms with Crippen LogP contribution in [0.2, 0.25) is 0 Å². The summed E-state index contributed by atoms with van der Waals surface area (Å²) in [5.41, 5.74) is 7.82. The van der Waals surface area contributed by atoms with E-state index in [9.17, 15) is 0 Å². The first-order valence-corrected chi connectivity index (χ1v) is 18.9. The maximum atomic E-state index is 6.76. The molecule has 0 N–H and O–H groups in total. The van der Waals surface area contributed by atoms with Gasteiger partial charge in [0.25, 0.3) is 0 Å². The number of hydrogen-bond acceptors (Lipinski definition) is 4. The van der Waals surface area contributed by atoms with Crippen LogP contribution in [-0.4, -0.2) is 19.5 Å². The lowest BCUT2D eigenvalue weighted by atomic mass is 9.96. The van der Waals surface area contributed by atoms with Crippen LogP contribution in [0.3, 0.4) is 0 Å². The van der Waals surface area contributed by atoms with Gasteiger partial charge in [-0.2, -0.15) is 0 Å². The molecule has 260 valence electrons. The lowest BCUT2D eigenvalue weighted by Gasteiger charge is -2.12. The summed E-state index contributed by atoms with van der Waals surface area (Å²) in [5, 5.41) is 11.8. The van der Waals surface area contributed by atoms with E-state index < -0.39 is 0 Å². The van der Waals surface area contributed by atoms with Crippen LogP contribution in [0.25, 0.3) is 116 Å². The van der Waals surface area contributed by atoms with Crippen LogP contribution in [0.1, 0.15) is 0 Å². The molecule has 9 aromatic carbocycles. The molecule has 0 saturated heterocycles. The Hall–Kier alpha value is -7.63. The molecule has 0 bridgehead atoms. The standard InChI is InChI=1S/C51H30N4O/c1-3-13-33(14-4-1)49-52-50(34-15-5-2-6-16-34)54-51(53-49)35-17-11-18-36(30-35)55-42-29-27-38-37-19-8-7-12-31(37)22-25-40(38)46(42)47-43(55)28-24-32-23-26-41-39-20-9-10-21-44(39)56-48(41)45(32)47/h1-30H. The summed E-state index contributed by atoms with van der Waals surface area (Å²) < 4.78 is 9.15. The van der Waals surface area contributed by atoms with Gasteiger partial charge in [-0.1, -0.05) is 146 Å². The Bertz CT molecular complexity index is 3470. The molecule has 56 heavy (non-hydrogen) atoms. The van der Waals surface area contributed by atoms with Gasteiger partial charge in [0.15, 0.2) is 17.5 Å².